The maximum absolute atomic E-state index is 12.7. The molecule has 0 aliphatic rings. The Hall–Kier alpha value is -2.75. The average Bonchev–Trinajstić information content (AvgIpc) is 3.31. The first-order chi connectivity index (χ1) is 13.4. The van der Waals surface area contributed by atoms with Crippen molar-refractivity contribution in [3.05, 3.63) is 68.9 Å². The summed E-state index contributed by atoms with van der Waals surface area (Å²) in [4.78, 5) is 32.4. The van der Waals surface area contributed by atoms with Crippen molar-refractivity contribution in [1.29, 1.82) is 0 Å². The van der Waals surface area contributed by atoms with Crippen LogP contribution in [0.3, 0.4) is 0 Å². The minimum absolute atomic E-state index is 0.115. The quantitative estimate of drug-likeness (QED) is 0.309. The lowest BCUT2D eigenvalue weighted by atomic mass is 10.2. The maximum atomic E-state index is 12.7. The molecule has 0 saturated carbocycles. The van der Waals surface area contributed by atoms with E-state index in [1.165, 1.54) is 33.3 Å². The van der Waals surface area contributed by atoms with Crippen molar-refractivity contribution < 1.29 is 9.72 Å². The molecule has 0 radical (unpaired) electrons. The summed E-state index contributed by atoms with van der Waals surface area (Å²) in [6, 6.07) is 5.17. The van der Waals surface area contributed by atoms with Gasteiger partial charge in [-0.25, -0.2) is 4.98 Å². The minimum atomic E-state index is -0.618. The van der Waals surface area contributed by atoms with Crippen molar-refractivity contribution in [3.63, 3.8) is 0 Å². The van der Waals surface area contributed by atoms with Crippen LogP contribution in [-0.4, -0.2) is 31.9 Å². The molecule has 1 amide bonds. The molecule has 144 valence electrons. The van der Waals surface area contributed by atoms with Crippen LogP contribution in [0.5, 0.6) is 0 Å². The summed E-state index contributed by atoms with van der Waals surface area (Å²) < 4.78 is 1.35. The molecule has 1 aromatic carbocycles. The molecular weight excluding hydrogens is 425 g/mol. The van der Waals surface area contributed by atoms with Crippen LogP contribution in [0, 0.1) is 10.1 Å². The summed E-state index contributed by atoms with van der Waals surface area (Å²) >= 11 is 13.3. The number of thiazole rings is 1. The van der Waals surface area contributed by atoms with Crippen molar-refractivity contribution in [3.8, 4) is 11.3 Å². The molecule has 0 N–H and O–H groups in total. The molecule has 8 nitrogen and oxygen atoms in total. The van der Waals surface area contributed by atoms with Gasteiger partial charge >= 0.3 is 5.82 Å². The zero-order valence-corrected chi connectivity index (χ0v) is 16.6. The first-order valence-corrected chi connectivity index (χ1v) is 9.51. The molecule has 0 spiro atoms. The molecule has 0 fully saturated rings. The molecule has 0 aliphatic heterocycles. The predicted molar refractivity (Wildman–Crippen MR) is 109 cm³/mol. The van der Waals surface area contributed by atoms with Gasteiger partial charge in [0.25, 0.3) is 0 Å². The lowest BCUT2D eigenvalue weighted by molar-refractivity contribution is -0.389. The van der Waals surface area contributed by atoms with Crippen LogP contribution < -0.4 is 4.90 Å². The number of nitro groups is 1. The molecule has 2 heterocycles. The lowest BCUT2D eigenvalue weighted by Crippen LogP contribution is -2.33. The number of carbonyl (C=O) groups excluding carboxylic acids is 1. The lowest BCUT2D eigenvalue weighted by Gasteiger charge is -2.17. The summed E-state index contributed by atoms with van der Waals surface area (Å²) in [5, 5.41) is 13.9. The van der Waals surface area contributed by atoms with E-state index in [1.807, 2.05) is 0 Å². The van der Waals surface area contributed by atoms with Gasteiger partial charge in [0, 0.05) is 17.5 Å². The van der Waals surface area contributed by atoms with Crippen LogP contribution in [0.2, 0.25) is 10.0 Å². The highest BCUT2D eigenvalue weighted by Crippen LogP contribution is 2.31. The fraction of sp³-hybridized carbons (Fsp3) is 0.118. The minimum Gasteiger partial charge on any atom is -0.358 e. The van der Waals surface area contributed by atoms with Crippen molar-refractivity contribution in [1.82, 2.24) is 14.5 Å². The smallest absolute Gasteiger partial charge is 0.358 e. The van der Waals surface area contributed by atoms with Gasteiger partial charge in [-0.05, 0) is 22.0 Å². The van der Waals surface area contributed by atoms with Gasteiger partial charge < -0.3 is 14.7 Å². The van der Waals surface area contributed by atoms with E-state index in [-0.39, 0.29) is 24.8 Å². The third-order valence-electron chi connectivity index (χ3n) is 3.68. The number of halogens is 2. The van der Waals surface area contributed by atoms with E-state index in [4.69, 9.17) is 23.2 Å². The molecule has 3 aromatic rings. The second-order valence-corrected chi connectivity index (χ2v) is 7.25. The fourth-order valence-electron chi connectivity index (χ4n) is 2.36. The van der Waals surface area contributed by atoms with Gasteiger partial charge in [-0.1, -0.05) is 35.3 Å². The average molecular weight is 438 g/mol. The van der Waals surface area contributed by atoms with E-state index in [1.54, 1.807) is 29.7 Å². The van der Waals surface area contributed by atoms with Crippen molar-refractivity contribution in [2.24, 2.45) is 0 Å². The maximum Gasteiger partial charge on any atom is 0.381 e. The van der Waals surface area contributed by atoms with Crippen LogP contribution in [0.1, 0.15) is 0 Å². The highest BCUT2D eigenvalue weighted by atomic mass is 35.5. The molecule has 28 heavy (non-hydrogen) atoms. The molecular formula is C17H13Cl2N5O3S. The Kier molecular flexibility index (Phi) is 6.08. The predicted octanol–water partition coefficient (Wildman–Crippen LogP) is 4.44. The van der Waals surface area contributed by atoms with Crippen molar-refractivity contribution in [2.75, 3.05) is 11.4 Å². The van der Waals surface area contributed by atoms with E-state index in [2.05, 4.69) is 16.5 Å². The number of aromatic nitrogens is 3. The van der Waals surface area contributed by atoms with Gasteiger partial charge in [0.05, 0.1) is 15.7 Å². The third kappa shape index (κ3) is 4.38. The van der Waals surface area contributed by atoms with Crippen molar-refractivity contribution in [2.45, 2.75) is 6.54 Å². The van der Waals surface area contributed by atoms with Gasteiger partial charge in [0.2, 0.25) is 12.2 Å². The fourth-order valence-corrected chi connectivity index (χ4v) is 3.52. The first kappa shape index (κ1) is 20.0. The van der Waals surface area contributed by atoms with Crippen LogP contribution in [-0.2, 0) is 11.3 Å². The number of anilines is 1. The standard InChI is InChI=1S/C17H13Cl2N5O3S/c1-2-5-23(16(25)8-22-7-15(20-10-22)24(26)27)17-21-14(9-28-17)11-3-4-12(18)13(19)6-11/h2-4,6-7,9-10H,1,5,8H2. The number of amides is 1. The Morgan fingerprint density at radius 1 is 1.39 bits per heavy atom. The van der Waals surface area contributed by atoms with Crippen LogP contribution >= 0.6 is 34.5 Å². The largest absolute Gasteiger partial charge is 0.381 e. The van der Waals surface area contributed by atoms with Gasteiger partial charge in [0.15, 0.2) is 5.13 Å². The monoisotopic (exact) mass is 437 g/mol. The molecule has 0 saturated heterocycles. The number of hydrogen-bond acceptors (Lipinski definition) is 6. The summed E-state index contributed by atoms with van der Waals surface area (Å²) in [5.74, 6) is -0.624. The van der Waals surface area contributed by atoms with Crippen LogP contribution in [0.4, 0.5) is 10.9 Å². The van der Waals surface area contributed by atoms with Crippen molar-refractivity contribution >= 4 is 51.4 Å². The van der Waals surface area contributed by atoms with Gasteiger partial charge in [-0.2, -0.15) is 0 Å². The Balaban J connectivity index is 1.82. The first-order valence-electron chi connectivity index (χ1n) is 7.87. The van der Waals surface area contributed by atoms with E-state index < -0.39 is 4.92 Å². The number of rotatable bonds is 7. The van der Waals surface area contributed by atoms with Crippen LogP contribution in [0.25, 0.3) is 11.3 Å². The van der Waals surface area contributed by atoms with E-state index in [0.717, 1.165) is 5.56 Å². The normalized spacial score (nSPS) is 10.6. The highest BCUT2D eigenvalue weighted by molar-refractivity contribution is 7.14. The van der Waals surface area contributed by atoms with Gasteiger partial charge in [-0.3, -0.25) is 9.69 Å². The zero-order valence-electron chi connectivity index (χ0n) is 14.3. The van der Waals surface area contributed by atoms with E-state index >= 15 is 0 Å². The molecule has 0 aliphatic carbocycles. The van der Waals surface area contributed by atoms with Gasteiger partial charge in [-0.15, -0.1) is 17.9 Å². The van der Waals surface area contributed by atoms with Crippen LogP contribution in [0.15, 0.2) is 48.8 Å². The molecule has 11 heteroatoms. The zero-order chi connectivity index (χ0) is 20.3. The third-order valence-corrected chi connectivity index (χ3v) is 5.28. The van der Waals surface area contributed by atoms with Gasteiger partial charge in [0.1, 0.15) is 12.7 Å². The summed E-state index contributed by atoms with van der Waals surface area (Å²) in [6.07, 6.45) is 4.02. The van der Waals surface area contributed by atoms with E-state index in [0.29, 0.717) is 20.9 Å². The number of hydrogen-bond donors (Lipinski definition) is 0. The molecule has 0 unspecified atom stereocenters. The summed E-state index contributed by atoms with van der Waals surface area (Å²) in [6.45, 7) is 3.80. The second kappa shape index (κ2) is 8.51. The Morgan fingerprint density at radius 3 is 2.82 bits per heavy atom. The highest BCUT2D eigenvalue weighted by Gasteiger charge is 2.20. The number of benzene rings is 1. The number of imidazole rings is 1. The second-order valence-electron chi connectivity index (χ2n) is 5.60. The Bertz CT molecular complexity index is 1050. The summed E-state index contributed by atoms with van der Waals surface area (Å²) in [5.41, 5.74) is 1.42. The molecule has 0 bridgehead atoms. The SMILES string of the molecule is C=CCN(C(=O)Cn1cnc([N+](=O)[O-])c1)c1nc(-c2ccc(Cl)c(Cl)c2)cs1. The molecule has 0 atom stereocenters. The Labute approximate surface area is 173 Å². The van der Waals surface area contributed by atoms with E-state index in [9.17, 15) is 14.9 Å². The summed E-state index contributed by atoms with van der Waals surface area (Å²) in [7, 11) is 0. The number of nitrogens with zero attached hydrogens (tertiary/aromatic N) is 5. The number of carbonyl (C=O) groups is 1. The molecule has 3 rings (SSSR count). The Morgan fingerprint density at radius 2 is 2.18 bits per heavy atom. The topological polar surface area (TPSA) is 94.2 Å². The molecule has 2 aromatic heterocycles.